The van der Waals surface area contributed by atoms with Crippen molar-refractivity contribution in [3.8, 4) is 0 Å². The van der Waals surface area contributed by atoms with Gasteiger partial charge >= 0.3 is 0 Å². The van der Waals surface area contributed by atoms with E-state index in [-0.39, 0.29) is 11.7 Å². The number of ketones is 1. The van der Waals surface area contributed by atoms with Crippen LogP contribution in [0.1, 0.15) is 34.0 Å². The van der Waals surface area contributed by atoms with Crippen LogP contribution in [0.15, 0.2) is 83.5 Å². The van der Waals surface area contributed by atoms with Gasteiger partial charge in [0.25, 0.3) is 0 Å². The summed E-state index contributed by atoms with van der Waals surface area (Å²) in [5.74, 6) is -0.0938. The van der Waals surface area contributed by atoms with Gasteiger partial charge in [0, 0.05) is 16.6 Å². The first-order chi connectivity index (χ1) is 11.7. The number of aromatic nitrogens is 1. The van der Waals surface area contributed by atoms with Crippen molar-refractivity contribution in [2.75, 3.05) is 0 Å². The number of rotatable bonds is 6. The fourth-order valence-electron chi connectivity index (χ4n) is 2.78. The van der Waals surface area contributed by atoms with Crippen LogP contribution in [-0.4, -0.2) is 10.8 Å². The molecule has 0 saturated heterocycles. The second-order valence-electron chi connectivity index (χ2n) is 5.71. The zero-order chi connectivity index (χ0) is 16.8. The number of benzene rings is 2. The van der Waals surface area contributed by atoms with Crippen molar-refractivity contribution in [2.45, 2.75) is 18.8 Å². The molecule has 0 unspecified atom stereocenters. The van der Waals surface area contributed by atoms with E-state index in [1.54, 1.807) is 12.3 Å². The summed E-state index contributed by atoms with van der Waals surface area (Å²) in [7, 11) is 0. The topological polar surface area (TPSA) is 30.0 Å². The number of carbonyl (C=O) groups is 1. The van der Waals surface area contributed by atoms with E-state index in [2.05, 4.69) is 33.0 Å². The van der Waals surface area contributed by atoms with Crippen LogP contribution in [0, 0.1) is 0 Å². The van der Waals surface area contributed by atoms with Gasteiger partial charge < -0.3 is 0 Å². The first-order valence-corrected chi connectivity index (χ1v) is 8.78. The predicted octanol–water partition coefficient (Wildman–Crippen LogP) is 5.44. The third kappa shape index (κ3) is 4.18. The van der Waals surface area contributed by atoms with Crippen molar-refractivity contribution in [1.29, 1.82) is 0 Å². The second kappa shape index (κ2) is 8.02. The van der Waals surface area contributed by atoms with E-state index in [0.717, 1.165) is 22.9 Å². The lowest BCUT2D eigenvalue weighted by Crippen LogP contribution is -2.15. The van der Waals surface area contributed by atoms with Crippen molar-refractivity contribution in [3.05, 3.63) is 100 Å². The molecule has 1 heterocycles. The maximum absolute atomic E-state index is 13.0. The van der Waals surface area contributed by atoms with Crippen LogP contribution in [0.4, 0.5) is 0 Å². The van der Waals surface area contributed by atoms with Gasteiger partial charge in [-0.15, -0.1) is 0 Å². The van der Waals surface area contributed by atoms with E-state index < -0.39 is 0 Å². The van der Waals surface area contributed by atoms with Gasteiger partial charge in [-0.05, 0) is 48.2 Å². The Morgan fingerprint density at radius 2 is 1.62 bits per heavy atom. The molecular weight excluding hydrogens is 362 g/mol. The number of pyridine rings is 1. The Hall–Kier alpha value is -2.26. The van der Waals surface area contributed by atoms with Gasteiger partial charge in [-0.1, -0.05) is 64.5 Å². The molecule has 3 rings (SSSR count). The van der Waals surface area contributed by atoms with Gasteiger partial charge in [0.2, 0.25) is 0 Å². The van der Waals surface area contributed by atoms with E-state index in [1.807, 2.05) is 54.6 Å². The van der Waals surface area contributed by atoms with Crippen molar-refractivity contribution in [3.63, 3.8) is 0 Å². The molecule has 0 bridgehead atoms. The summed E-state index contributed by atoms with van der Waals surface area (Å²) in [5, 5.41) is 0. The van der Waals surface area contributed by atoms with Crippen LogP contribution in [-0.2, 0) is 6.42 Å². The van der Waals surface area contributed by atoms with E-state index >= 15 is 0 Å². The molecule has 0 N–H and O–H groups in total. The molecule has 0 spiro atoms. The number of carbonyl (C=O) groups excluding carboxylic acids is 1. The quantitative estimate of drug-likeness (QED) is 0.533. The maximum Gasteiger partial charge on any atom is 0.188 e. The minimum Gasteiger partial charge on any atom is -0.292 e. The molecule has 2 nitrogen and oxygen atoms in total. The van der Waals surface area contributed by atoms with Crippen molar-refractivity contribution >= 4 is 21.7 Å². The average Bonchev–Trinajstić information content (AvgIpc) is 2.65. The van der Waals surface area contributed by atoms with Gasteiger partial charge in [-0.2, -0.15) is 0 Å². The highest BCUT2D eigenvalue weighted by molar-refractivity contribution is 9.10. The molecule has 1 aromatic heterocycles. The van der Waals surface area contributed by atoms with Crippen LogP contribution < -0.4 is 0 Å². The molecule has 0 amide bonds. The number of halogens is 1. The molecule has 24 heavy (non-hydrogen) atoms. The normalized spacial score (nSPS) is 11.9. The number of Topliss-reactive ketones (excluding diaryl/α,β-unsaturated/α-hetero) is 1. The Bertz CT molecular complexity index is 785. The lowest BCUT2D eigenvalue weighted by Gasteiger charge is -2.16. The van der Waals surface area contributed by atoms with E-state index in [4.69, 9.17) is 0 Å². The van der Waals surface area contributed by atoms with E-state index in [0.29, 0.717) is 5.69 Å². The SMILES string of the molecule is O=C(c1ccccn1)[C@H](CCc1ccc(Br)cc1)c1ccccc1. The number of hydrogen-bond donors (Lipinski definition) is 0. The first kappa shape index (κ1) is 16.6. The molecule has 0 aliphatic rings. The largest absolute Gasteiger partial charge is 0.292 e. The van der Waals surface area contributed by atoms with Gasteiger partial charge in [0.1, 0.15) is 5.69 Å². The third-order valence-electron chi connectivity index (χ3n) is 4.07. The molecular formula is C21H18BrNO. The number of hydrogen-bond acceptors (Lipinski definition) is 2. The Labute approximate surface area is 150 Å². The Morgan fingerprint density at radius 3 is 2.29 bits per heavy atom. The van der Waals surface area contributed by atoms with E-state index in [9.17, 15) is 4.79 Å². The van der Waals surface area contributed by atoms with Crippen molar-refractivity contribution < 1.29 is 4.79 Å². The highest BCUT2D eigenvalue weighted by Gasteiger charge is 2.22. The molecule has 0 saturated carbocycles. The van der Waals surface area contributed by atoms with Crippen LogP contribution in [0.2, 0.25) is 0 Å². The van der Waals surface area contributed by atoms with E-state index in [1.165, 1.54) is 5.56 Å². The monoisotopic (exact) mass is 379 g/mol. The molecule has 3 aromatic rings. The smallest absolute Gasteiger partial charge is 0.188 e. The number of nitrogens with zero attached hydrogens (tertiary/aromatic N) is 1. The zero-order valence-corrected chi connectivity index (χ0v) is 14.8. The molecule has 3 heteroatoms. The summed E-state index contributed by atoms with van der Waals surface area (Å²) in [4.78, 5) is 17.2. The number of aryl methyl sites for hydroxylation is 1. The van der Waals surface area contributed by atoms with Gasteiger partial charge in [-0.25, -0.2) is 0 Å². The van der Waals surface area contributed by atoms with Crippen LogP contribution in [0.25, 0.3) is 0 Å². The zero-order valence-electron chi connectivity index (χ0n) is 13.2. The van der Waals surface area contributed by atoms with Crippen LogP contribution >= 0.6 is 15.9 Å². The highest BCUT2D eigenvalue weighted by Crippen LogP contribution is 2.26. The summed E-state index contributed by atoms with van der Waals surface area (Å²) >= 11 is 3.45. The minimum atomic E-state index is -0.176. The van der Waals surface area contributed by atoms with Crippen molar-refractivity contribution in [2.24, 2.45) is 0 Å². The van der Waals surface area contributed by atoms with Crippen LogP contribution in [0.5, 0.6) is 0 Å². The molecule has 0 aliphatic heterocycles. The molecule has 120 valence electrons. The average molecular weight is 380 g/mol. The third-order valence-corrected chi connectivity index (χ3v) is 4.60. The summed E-state index contributed by atoms with van der Waals surface area (Å²) < 4.78 is 1.07. The summed E-state index contributed by atoms with van der Waals surface area (Å²) in [6, 6.07) is 23.7. The molecule has 0 radical (unpaired) electrons. The Balaban J connectivity index is 1.82. The maximum atomic E-state index is 13.0. The Kier molecular flexibility index (Phi) is 5.55. The molecule has 2 aromatic carbocycles. The van der Waals surface area contributed by atoms with Crippen LogP contribution in [0.3, 0.4) is 0 Å². The molecule has 0 aliphatic carbocycles. The van der Waals surface area contributed by atoms with Gasteiger partial charge in [0.15, 0.2) is 5.78 Å². The standard InChI is InChI=1S/C21H18BrNO/c22-18-12-9-16(10-13-18)11-14-19(17-6-2-1-3-7-17)21(24)20-8-4-5-15-23-20/h1-10,12-13,15,19H,11,14H2/t19-/m1/s1. The first-order valence-electron chi connectivity index (χ1n) is 7.98. The summed E-state index contributed by atoms with van der Waals surface area (Å²) in [6.07, 6.45) is 3.29. The summed E-state index contributed by atoms with van der Waals surface area (Å²) in [6.45, 7) is 0. The van der Waals surface area contributed by atoms with Gasteiger partial charge in [0.05, 0.1) is 0 Å². The summed E-state index contributed by atoms with van der Waals surface area (Å²) in [5.41, 5.74) is 2.81. The Morgan fingerprint density at radius 1 is 0.917 bits per heavy atom. The van der Waals surface area contributed by atoms with Gasteiger partial charge in [-0.3, -0.25) is 9.78 Å². The molecule has 0 fully saturated rings. The minimum absolute atomic E-state index is 0.0823. The lowest BCUT2D eigenvalue weighted by atomic mass is 9.87. The predicted molar refractivity (Wildman–Crippen MR) is 100 cm³/mol. The van der Waals surface area contributed by atoms with Crippen molar-refractivity contribution in [1.82, 2.24) is 4.98 Å². The molecule has 1 atom stereocenters. The highest BCUT2D eigenvalue weighted by atomic mass is 79.9. The fourth-order valence-corrected chi connectivity index (χ4v) is 3.05. The lowest BCUT2D eigenvalue weighted by molar-refractivity contribution is 0.0950. The fraction of sp³-hybridized carbons (Fsp3) is 0.143. The second-order valence-corrected chi connectivity index (χ2v) is 6.62.